The number of methoxy groups -OCH3 is 1. The van der Waals surface area contributed by atoms with E-state index in [0.717, 1.165) is 0 Å². The Labute approximate surface area is 109 Å². The van der Waals surface area contributed by atoms with Crippen LogP contribution in [0.4, 0.5) is 4.39 Å². The number of halogens is 1. The maximum Gasteiger partial charge on any atom is 0.339 e. The first-order valence-electron chi connectivity index (χ1n) is 5.45. The fourth-order valence-corrected chi connectivity index (χ4v) is 1.52. The highest BCUT2D eigenvalue weighted by Crippen LogP contribution is 2.29. The molecule has 0 aromatic heterocycles. The summed E-state index contributed by atoms with van der Waals surface area (Å²) < 4.78 is 23.2. The number of carboxylic acid groups (broad SMARTS) is 1. The zero-order chi connectivity index (χ0) is 13.8. The molecule has 2 aromatic carbocycles. The third-order valence-electron chi connectivity index (χ3n) is 2.46. The van der Waals surface area contributed by atoms with Crippen LogP contribution in [0.3, 0.4) is 0 Å². The molecule has 5 heteroatoms. The molecule has 0 unspecified atom stereocenters. The average Bonchev–Trinajstić information content (AvgIpc) is 2.41. The Morgan fingerprint density at radius 3 is 2.32 bits per heavy atom. The Morgan fingerprint density at radius 1 is 1.11 bits per heavy atom. The van der Waals surface area contributed by atoms with E-state index in [4.69, 9.17) is 14.6 Å². The van der Waals surface area contributed by atoms with Gasteiger partial charge < -0.3 is 14.6 Å². The van der Waals surface area contributed by atoms with Crippen LogP contribution in [0.2, 0.25) is 0 Å². The van der Waals surface area contributed by atoms with Gasteiger partial charge in [0.25, 0.3) is 0 Å². The van der Waals surface area contributed by atoms with Crippen molar-refractivity contribution in [2.75, 3.05) is 7.11 Å². The molecule has 19 heavy (non-hydrogen) atoms. The van der Waals surface area contributed by atoms with E-state index in [9.17, 15) is 9.18 Å². The maximum atomic E-state index is 12.8. The number of benzene rings is 2. The first kappa shape index (κ1) is 12.9. The third kappa shape index (κ3) is 3.01. The van der Waals surface area contributed by atoms with E-state index >= 15 is 0 Å². The fourth-order valence-electron chi connectivity index (χ4n) is 1.52. The van der Waals surface area contributed by atoms with Crippen LogP contribution in [0.25, 0.3) is 0 Å². The summed E-state index contributed by atoms with van der Waals surface area (Å²) >= 11 is 0. The second kappa shape index (κ2) is 5.39. The van der Waals surface area contributed by atoms with Crippen molar-refractivity contribution in [3.05, 3.63) is 53.8 Å². The van der Waals surface area contributed by atoms with E-state index in [1.54, 1.807) is 0 Å². The minimum atomic E-state index is -1.11. The first-order chi connectivity index (χ1) is 9.10. The van der Waals surface area contributed by atoms with Crippen LogP contribution in [0.15, 0.2) is 42.5 Å². The molecule has 2 rings (SSSR count). The summed E-state index contributed by atoms with van der Waals surface area (Å²) in [6.45, 7) is 0. The second-order valence-corrected chi connectivity index (χ2v) is 3.72. The van der Waals surface area contributed by atoms with E-state index in [2.05, 4.69) is 0 Å². The van der Waals surface area contributed by atoms with Crippen LogP contribution in [0.5, 0.6) is 17.2 Å². The zero-order valence-electron chi connectivity index (χ0n) is 10.1. The van der Waals surface area contributed by atoms with Crippen molar-refractivity contribution in [1.29, 1.82) is 0 Å². The van der Waals surface area contributed by atoms with Crippen LogP contribution in [0.1, 0.15) is 10.4 Å². The number of rotatable bonds is 4. The SMILES string of the molecule is COc1ccc(C(=O)O)c(Oc2ccc(F)cc2)c1. The van der Waals surface area contributed by atoms with Crippen molar-refractivity contribution in [2.24, 2.45) is 0 Å². The minimum Gasteiger partial charge on any atom is -0.497 e. The highest BCUT2D eigenvalue weighted by atomic mass is 19.1. The molecule has 98 valence electrons. The normalized spacial score (nSPS) is 10.0. The number of hydrogen-bond donors (Lipinski definition) is 1. The van der Waals surface area contributed by atoms with Gasteiger partial charge in [-0.05, 0) is 36.4 Å². The lowest BCUT2D eigenvalue weighted by Gasteiger charge is -2.10. The summed E-state index contributed by atoms with van der Waals surface area (Å²) in [5, 5.41) is 9.07. The highest BCUT2D eigenvalue weighted by molar-refractivity contribution is 5.91. The van der Waals surface area contributed by atoms with Crippen molar-refractivity contribution in [1.82, 2.24) is 0 Å². The lowest BCUT2D eigenvalue weighted by atomic mass is 10.2. The lowest BCUT2D eigenvalue weighted by molar-refractivity contribution is 0.0694. The van der Waals surface area contributed by atoms with Crippen molar-refractivity contribution < 1.29 is 23.8 Å². The van der Waals surface area contributed by atoms with Crippen molar-refractivity contribution in [2.45, 2.75) is 0 Å². The van der Waals surface area contributed by atoms with Crippen LogP contribution < -0.4 is 9.47 Å². The van der Waals surface area contributed by atoms with Gasteiger partial charge in [0.2, 0.25) is 0 Å². The number of carbonyl (C=O) groups is 1. The summed E-state index contributed by atoms with van der Waals surface area (Å²) in [7, 11) is 1.47. The lowest BCUT2D eigenvalue weighted by Crippen LogP contribution is -2.00. The molecule has 0 aliphatic heterocycles. The van der Waals surface area contributed by atoms with Gasteiger partial charge in [-0.3, -0.25) is 0 Å². The molecule has 0 heterocycles. The van der Waals surface area contributed by atoms with E-state index < -0.39 is 11.8 Å². The van der Waals surface area contributed by atoms with Gasteiger partial charge in [0.05, 0.1) is 7.11 Å². The smallest absolute Gasteiger partial charge is 0.339 e. The zero-order valence-corrected chi connectivity index (χ0v) is 10.1. The number of carboxylic acids is 1. The van der Waals surface area contributed by atoms with E-state index in [0.29, 0.717) is 11.5 Å². The topological polar surface area (TPSA) is 55.8 Å². The van der Waals surface area contributed by atoms with Gasteiger partial charge >= 0.3 is 5.97 Å². The van der Waals surface area contributed by atoms with E-state index in [1.807, 2.05) is 0 Å². The van der Waals surface area contributed by atoms with E-state index in [-0.39, 0.29) is 11.3 Å². The van der Waals surface area contributed by atoms with Crippen LogP contribution >= 0.6 is 0 Å². The predicted molar refractivity (Wildman–Crippen MR) is 66.4 cm³/mol. The van der Waals surface area contributed by atoms with Crippen molar-refractivity contribution in [3.63, 3.8) is 0 Å². The van der Waals surface area contributed by atoms with Crippen LogP contribution in [-0.4, -0.2) is 18.2 Å². The molecule has 0 atom stereocenters. The Hall–Kier alpha value is -2.56. The summed E-state index contributed by atoms with van der Waals surface area (Å²) in [6, 6.07) is 9.68. The minimum absolute atomic E-state index is 0.00475. The van der Waals surface area contributed by atoms with Crippen molar-refractivity contribution in [3.8, 4) is 17.2 Å². The summed E-state index contributed by atoms with van der Waals surface area (Å²) in [4.78, 5) is 11.1. The molecule has 0 amide bonds. The first-order valence-corrected chi connectivity index (χ1v) is 5.45. The molecule has 0 saturated heterocycles. The van der Waals surface area contributed by atoms with Crippen LogP contribution in [-0.2, 0) is 0 Å². The third-order valence-corrected chi connectivity index (χ3v) is 2.46. The van der Waals surface area contributed by atoms with Gasteiger partial charge in [0.15, 0.2) is 0 Å². The summed E-state index contributed by atoms with van der Waals surface area (Å²) in [6.07, 6.45) is 0. The van der Waals surface area contributed by atoms with Crippen molar-refractivity contribution >= 4 is 5.97 Å². The molecular formula is C14H11FO4. The van der Waals surface area contributed by atoms with Gasteiger partial charge in [-0.15, -0.1) is 0 Å². The Balaban J connectivity index is 2.36. The predicted octanol–water partition coefficient (Wildman–Crippen LogP) is 3.32. The summed E-state index contributed by atoms with van der Waals surface area (Å²) in [5.41, 5.74) is 0.00475. The summed E-state index contributed by atoms with van der Waals surface area (Å²) in [5.74, 6) is -0.547. The number of aromatic carboxylic acids is 1. The molecular weight excluding hydrogens is 251 g/mol. The quantitative estimate of drug-likeness (QED) is 0.918. The maximum absolute atomic E-state index is 12.8. The molecule has 0 bridgehead atoms. The molecule has 1 N–H and O–H groups in total. The molecule has 0 aliphatic rings. The molecule has 0 radical (unpaired) electrons. The van der Waals surface area contributed by atoms with Gasteiger partial charge in [-0.1, -0.05) is 0 Å². The monoisotopic (exact) mass is 262 g/mol. The largest absolute Gasteiger partial charge is 0.497 e. The van der Waals surface area contributed by atoms with Gasteiger partial charge in [0, 0.05) is 6.07 Å². The average molecular weight is 262 g/mol. The van der Waals surface area contributed by atoms with Gasteiger partial charge in [-0.25, -0.2) is 9.18 Å². The van der Waals surface area contributed by atoms with Crippen LogP contribution in [0, 0.1) is 5.82 Å². The molecule has 0 spiro atoms. The highest BCUT2D eigenvalue weighted by Gasteiger charge is 2.13. The Bertz CT molecular complexity index is 593. The standard InChI is InChI=1S/C14H11FO4/c1-18-11-6-7-12(14(16)17)13(8-11)19-10-4-2-9(15)3-5-10/h2-8H,1H3,(H,16,17). The van der Waals surface area contributed by atoms with E-state index in [1.165, 1.54) is 49.6 Å². The molecule has 0 fully saturated rings. The molecule has 2 aromatic rings. The molecule has 0 saturated carbocycles. The van der Waals surface area contributed by atoms with Gasteiger partial charge in [0.1, 0.15) is 28.6 Å². The number of ether oxygens (including phenoxy) is 2. The Morgan fingerprint density at radius 2 is 1.74 bits per heavy atom. The Kier molecular flexibility index (Phi) is 3.66. The fraction of sp³-hybridized carbons (Fsp3) is 0.0714. The molecule has 4 nitrogen and oxygen atoms in total. The van der Waals surface area contributed by atoms with Gasteiger partial charge in [-0.2, -0.15) is 0 Å². The number of hydrogen-bond acceptors (Lipinski definition) is 3. The molecule has 0 aliphatic carbocycles. The second-order valence-electron chi connectivity index (χ2n) is 3.72.